The van der Waals surface area contributed by atoms with Gasteiger partial charge in [-0.05, 0) is 24.3 Å². The molecule has 0 atom stereocenters. The number of hydrogen-bond donors (Lipinski definition) is 1. The Morgan fingerprint density at radius 2 is 2.00 bits per heavy atom. The van der Waals surface area contributed by atoms with Crippen molar-refractivity contribution in [2.45, 2.75) is 25.8 Å². The van der Waals surface area contributed by atoms with Crippen LogP contribution in [0.4, 0.5) is 5.82 Å². The molecule has 0 unspecified atom stereocenters. The molecule has 112 valence electrons. The molecular weight excluding hydrogens is 274 g/mol. The average Bonchev–Trinajstić information content (AvgIpc) is 2.99. The molecule has 2 aromatic heterocycles. The lowest BCUT2D eigenvalue weighted by Gasteiger charge is -2.33. The predicted molar refractivity (Wildman–Crippen MR) is 86.5 cm³/mol. The van der Waals surface area contributed by atoms with Crippen LogP contribution in [0.3, 0.4) is 0 Å². The van der Waals surface area contributed by atoms with Crippen molar-refractivity contribution < 1.29 is 0 Å². The maximum Gasteiger partial charge on any atom is 0.160 e. The summed E-state index contributed by atoms with van der Waals surface area (Å²) >= 11 is 0. The standard InChI is InChI=1S/C17H19N5/c1-2-5-13(6-3-1)10-22(11-14-7-4-8-14)17-15-9-20-21-16(15)18-12-19-17/h1-3,5-6,9,12,14H,4,7-8,10-11H2,(H,18,19,20,21). The molecule has 5 heteroatoms. The Balaban J connectivity index is 1.68. The van der Waals surface area contributed by atoms with Crippen molar-refractivity contribution in [1.29, 1.82) is 0 Å². The van der Waals surface area contributed by atoms with Crippen LogP contribution in [0.2, 0.25) is 0 Å². The van der Waals surface area contributed by atoms with Crippen molar-refractivity contribution in [3.63, 3.8) is 0 Å². The third-order valence-corrected chi connectivity index (χ3v) is 4.45. The lowest BCUT2D eigenvalue weighted by Crippen LogP contribution is -2.33. The third kappa shape index (κ3) is 2.54. The van der Waals surface area contributed by atoms with E-state index in [0.717, 1.165) is 35.9 Å². The highest BCUT2D eigenvalue weighted by Gasteiger charge is 2.23. The van der Waals surface area contributed by atoms with Gasteiger partial charge < -0.3 is 4.90 Å². The Morgan fingerprint density at radius 1 is 1.14 bits per heavy atom. The first-order valence-corrected chi connectivity index (χ1v) is 7.83. The SMILES string of the molecule is c1ccc(CN(CC2CCC2)c2ncnc3[nH]ncc23)cc1. The van der Waals surface area contributed by atoms with Gasteiger partial charge in [0.15, 0.2) is 5.65 Å². The maximum absolute atomic E-state index is 4.54. The first-order valence-electron chi connectivity index (χ1n) is 7.83. The summed E-state index contributed by atoms with van der Waals surface area (Å²) in [5.74, 6) is 1.76. The van der Waals surface area contributed by atoms with E-state index in [1.54, 1.807) is 6.33 Å². The lowest BCUT2D eigenvalue weighted by atomic mass is 9.85. The van der Waals surface area contributed by atoms with Crippen LogP contribution in [0.15, 0.2) is 42.9 Å². The van der Waals surface area contributed by atoms with Crippen LogP contribution >= 0.6 is 0 Å². The van der Waals surface area contributed by atoms with E-state index in [9.17, 15) is 0 Å². The summed E-state index contributed by atoms with van der Waals surface area (Å²) in [5.41, 5.74) is 2.11. The third-order valence-electron chi connectivity index (χ3n) is 4.45. The monoisotopic (exact) mass is 293 g/mol. The molecule has 0 radical (unpaired) electrons. The van der Waals surface area contributed by atoms with Gasteiger partial charge in [0.05, 0.1) is 11.6 Å². The summed E-state index contributed by atoms with van der Waals surface area (Å²) in [6, 6.07) is 10.6. The van der Waals surface area contributed by atoms with Gasteiger partial charge in [-0.25, -0.2) is 9.97 Å². The number of aromatic amines is 1. The second-order valence-electron chi connectivity index (χ2n) is 5.99. The van der Waals surface area contributed by atoms with Crippen molar-refractivity contribution in [3.8, 4) is 0 Å². The van der Waals surface area contributed by atoms with E-state index in [-0.39, 0.29) is 0 Å². The molecule has 2 heterocycles. The van der Waals surface area contributed by atoms with Crippen molar-refractivity contribution in [1.82, 2.24) is 20.2 Å². The van der Waals surface area contributed by atoms with Crippen molar-refractivity contribution in [2.24, 2.45) is 5.92 Å². The fraction of sp³-hybridized carbons (Fsp3) is 0.353. The van der Waals surface area contributed by atoms with Gasteiger partial charge in [-0.2, -0.15) is 5.10 Å². The van der Waals surface area contributed by atoms with Crippen LogP contribution in [-0.2, 0) is 6.54 Å². The molecule has 1 fully saturated rings. The largest absolute Gasteiger partial charge is 0.351 e. The van der Waals surface area contributed by atoms with E-state index in [1.165, 1.54) is 24.8 Å². The first-order chi connectivity index (χ1) is 10.9. The van der Waals surface area contributed by atoms with Crippen LogP contribution in [-0.4, -0.2) is 26.7 Å². The highest BCUT2D eigenvalue weighted by Crippen LogP contribution is 2.31. The topological polar surface area (TPSA) is 57.7 Å². The molecule has 3 aromatic rings. The van der Waals surface area contributed by atoms with Crippen LogP contribution in [0.1, 0.15) is 24.8 Å². The number of anilines is 1. The fourth-order valence-electron chi connectivity index (χ4n) is 3.02. The number of rotatable bonds is 5. The van der Waals surface area contributed by atoms with E-state index < -0.39 is 0 Å². The summed E-state index contributed by atoms with van der Waals surface area (Å²) in [5, 5.41) is 8.04. The van der Waals surface area contributed by atoms with Crippen molar-refractivity contribution in [2.75, 3.05) is 11.4 Å². The van der Waals surface area contributed by atoms with Gasteiger partial charge in [0, 0.05) is 13.1 Å². The van der Waals surface area contributed by atoms with E-state index in [2.05, 4.69) is 55.4 Å². The Morgan fingerprint density at radius 3 is 2.77 bits per heavy atom. The van der Waals surface area contributed by atoms with Gasteiger partial charge in [0.25, 0.3) is 0 Å². The molecule has 1 aromatic carbocycles. The fourth-order valence-corrected chi connectivity index (χ4v) is 3.02. The predicted octanol–water partition coefficient (Wildman–Crippen LogP) is 3.16. The van der Waals surface area contributed by atoms with Crippen LogP contribution in [0.5, 0.6) is 0 Å². The second-order valence-corrected chi connectivity index (χ2v) is 5.99. The van der Waals surface area contributed by atoms with E-state index >= 15 is 0 Å². The number of hydrogen-bond acceptors (Lipinski definition) is 4. The molecule has 5 nitrogen and oxygen atoms in total. The number of nitrogens with zero attached hydrogens (tertiary/aromatic N) is 4. The molecule has 1 N–H and O–H groups in total. The van der Waals surface area contributed by atoms with Gasteiger partial charge >= 0.3 is 0 Å². The molecule has 0 saturated heterocycles. The summed E-state index contributed by atoms with van der Waals surface area (Å²) in [6.45, 7) is 1.92. The normalized spacial score (nSPS) is 14.9. The molecule has 0 bridgehead atoms. The Hall–Kier alpha value is -2.43. The average molecular weight is 293 g/mol. The Kier molecular flexibility index (Phi) is 3.46. The van der Waals surface area contributed by atoms with E-state index in [4.69, 9.17) is 0 Å². The Labute approximate surface area is 129 Å². The quantitative estimate of drug-likeness (QED) is 0.785. The highest BCUT2D eigenvalue weighted by atomic mass is 15.2. The number of benzene rings is 1. The first kappa shape index (κ1) is 13.2. The zero-order valence-electron chi connectivity index (χ0n) is 12.4. The summed E-state index contributed by atoms with van der Waals surface area (Å²) in [7, 11) is 0. The van der Waals surface area contributed by atoms with Gasteiger partial charge in [-0.15, -0.1) is 0 Å². The zero-order chi connectivity index (χ0) is 14.8. The summed E-state index contributed by atoms with van der Waals surface area (Å²) in [6.07, 6.45) is 7.45. The van der Waals surface area contributed by atoms with Gasteiger partial charge in [-0.1, -0.05) is 36.8 Å². The molecule has 22 heavy (non-hydrogen) atoms. The molecule has 1 aliphatic rings. The minimum Gasteiger partial charge on any atom is -0.351 e. The molecule has 0 amide bonds. The molecule has 0 aliphatic heterocycles. The summed E-state index contributed by atoms with van der Waals surface area (Å²) in [4.78, 5) is 11.2. The van der Waals surface area contributed by atoms with Crippen LogP contribution in [0.25, 0.3) is 11.0 Å². The molecule has 4 rings (SSSR count). The van der Waals surface area contributed by atoms with Crippen LogP contribution < -0.4 is 4.90 Å². The van der Waals surface area contributed by atoms with Crippen molar-refractivity contribution in [3.05, 3.63) is 48.4 Å². The zero-order valence-corrected chi connectivity index (χ0v) is 12.4. The molecule has 0 spiro atoms. The van der Waals surface area contributed by atoms with Crippen molar-refractivity contribution >= 4 is 16.9 Å². The maximum atomic E-state index is 4.54. The number of aromatic nitrogens is 4. The number of fused-ring (bicyclic) bond motifs is 1. The second kappa shape index (κ2) is 5.75. The molecule has 1 aliphatic carbocycles. The smallest absolute Gasteiger partial charge is 0.160 e. The Bertz CT molecular complexity index is 748. The molecule has 1 saturated carbocycles. The van der Waals surface area contributed by atoms with Gasteiger partial charge in [-0.3, -0.25) is 5.10 Å². The molecular formula is C17H19N5. The minimum absolute atomic E-state index is 0.778. The summed E-state index contributed by atoms with van der Waals surface area (Å²) < 4.78 is 0. The highest BCUT2D eigenvalue weighted by molar-refractivity contribution is 5.86. The van der Waals surface area contributed by atoms with E-state index in [1.807, 2.05) is 6.20 Å². The number of nitrogens with one attached hydrogen (secondary N) is 1. The lowest BCUT2D eigenvalue weighted by molar-refractivity contribution is 0.316. The van der Waals surface area contributed by atoms with Crippen LogP contribution in [0, 0.1) is 5.92 Å². The van der Waals surface area contributed by atoms with Gasteiger partial charge in [0.2, 0.25) is 0 Å². The number of H-pyrrole nitrogens is 1. The van der Waals surface area contributed by atoms with Gasteiger partial charge in [0.1, 0.15) is 12.1 Å². The van der Waals surface area contributed by atoms with E-state index in [0.29, 0.717) is 0 Å². The minimum atomic E-state index is 0.778.